The van der Waals surface area contributed by atoms with Crippen LogP contribution < -0.4 is 15.4 Å². The zero-order valence-electron chi connectivity index (χ0n) is 13.9. The van der Waals surface area contributed by atoms with Gasteiger partial charge >= 0.3 is 0 Å². The Balaban J connectivity index is 1.37. The summed E-state index contributed by atoms with van der Waals surface area (Å²) in [6.45, 7) is 0.903. The lowest BCUT2D eigenvalue weighted by molar-refractivity contribution is -0.117. The average Bonchev–Trinajstić information content (AvgIpc) is 3.36. The normalized spacial score (nSPS) is 13.3. The molecule has 1 aliphatic carbocycles. The molecule has 1 aliphatic rings. The number of amides is 2. The van der Waals surface area contributed by atoms with E-state index in [1.54, 1.807) is 30.3 Å². The van der Waals surface area contributed by atoms with Gasteiger partial charge in [0, 0.05) is 17.5 Å². The summed E-state index contributed by atoms with van der Waals surface area (Å²) in [5.41, 5.74) is 0. The second kappa shape index (κ2) is 8.75. The third-order valence-electron chi connectivity index (χ3n) is 3.78. The van der Waals surface area contributed by atoms with E-state index in [1.165, 1.54) is 11.3 Å². The van der Waals surface area contributed by atoms with E-state index >= 15 is 0 Å². The van der Waals surface area contributed by atoms with Crippen molar-refractivity contribution in [3.05, 3.63) is 45.3 Å². The number of carbonyl (C=O) groups excluding carboxylic acids is 2. The first kappa shape index (κ1) is 19.0. The number of hydrogen-bond donors (Lipinski definition) is 2. The largest absolute Gasteiger partial charge is 0.492 e. The summed E-state index contributed by atoms with van der Waals surface area (Å²) in [5, 5.41) is 7.39. The maximum absolute atomic E-state index is 12.1. The zero-order chi connectivity index (χ0) is 18.5. The molecule has 0 spiro atoms. The lowest BCUT2D eigenvalue weighted by Gasteiger charge is -2.08. The number of carbonyl (C=O) groups is 2. The van der Waals surface area contributed by atoms with E-state index in [-0.39, 0.29) is 17.7 Å². The Labute approximate surface area is 165 Å². The molecule has 0 unspecified atom stereocenters. The topological polar surface area (TPSA) is 67.4 Å². The van der Waals surface area contributed by atoms with E-state index in [0.717, 1.165) is 12.8 Å². The number of anilines is 1. The van der Waals surface area contributed by atoms with E-state index in [9.17, 15) is 9.59 Å². The maximum Gasteiger partial charge on any atom is 0.261 e. The van der Waals surface area contributed by atoms with Gasteiger partial charge in [-0.2, -0.15) is 0 Å². The lowest BCUT2D eigenvalue weighted by atomic mass is 10.3. The number of ether oxygens (including phenoxy) is 1. The Morgan fingerprint density at radius 2 is 2.00 bits per heavy atom. The van der Waals surface area contributed by atoms with Gasteiger partial charge in [-0.05, 0) is 49.6 Å². The van der Waals surface area contributed by atoms with Crippen molar-refractivity contribution in [3.63, 3.8) is 0 Å². The molecule has 1 aromatic carbocycles. The average molecular weight is 413 g/mol. The van der Waals surface area contributed by atoms with Gasteiger partial charge in [0.15, 0.2) is 0 Å². The van der Waals surface area contributed by atoms with Crippen molar-refractivity contribution in [2.24, 2.45) is 5.92 Å². The van der Waals surface area contributed by atoms with Gasteiger partial charge in [-0.25, -0.2) is 0 Å². The molecule has 2 aromatic rings. The van der Waals surface area contributed by atoms with Crippen molar-refractivity contribution in [1.29, 1.82) is 0 Å². The maximum atomic E-state index is 12.1. The highest BCUT2D eigenvalue weighted by Crippen LogP contribution is 2.31. The minimum atomic E-state index is -0.161. The van der Waals surface area contributed by atoms with Gasteiger partial charge in [0.25, 0.3) is 5.91 Å². The molecule has 1 saturated carbocycles. The summed E-state index contributed by atoms with van der Waals surface area (Å²) in [4.78, 5) is 24.4. The van der Waals surface area contributed by atoms with Crippen LogP contribution in [-0.2, 0) is 4.79 Å². The summed E-state index contributed by atoms with van der Waals surface area (Å²) in [6, 6.07) is 8.52. The molecule has 1 aromatic heterocycles. The monoisotopic (exact) mass is 412 g/mol. The highest BCUT2D eigenvalue weighted by atomic mass is 35.5. The SMILES string of the molecule is O=C(NCCCOc1ccc(Cl)cc1Cl)c1ccc(NC(=O)C2CC2)s1. The molecule has 0 saturated heterocycles. The van der Waals surface area contributed by atoms with Crippen LogP contribution in [0.4, 0.5) is 5.00 Å². The quantitative estimate of drug-likeness (QED) is 0.622. The fourth-order valence-electron chi connectivity index (χ4n) is 2.23. The minimum Gasteiger partial charge on any atom is -0.492 e. The molecule has 0 radical (unpaired) electrons. The molecule has 1 heterocycles. The summed E-state index contributed by atoms with van der Waals surface area (Å²) < 4.78 is 5.57. The van der Waals surface area contributed by atoms with Crippen LogP contribution in [0.25, 0.3) is 0 Å². The second-order valence-electron chi connectivity index (χ2n) is 5.96. The van der Waals surface area contributed by atoms with Crippen molar-refractivity contribution >= 4 is 51.4 Å². The Morgan fingerprint density at radius 3 is 2.73 bits per heavy atom. The highest BCUT2D eigenvalue weighted by Gasteiger charge is 2.29. The molecule has 2 amide bonds. The molecule has 1 fully saturated rings. The standard InChI is InChI=1S/C18H18Cl2N2O3S/c19-12-4-5-14(13(20)10-12)25-9-1-8-21-18(24)15-6-7-16(26-15)22-17(23)11-2-3-11/h4-7,10-11H,1-3,8-9H2,(H,21,24)(H,22,23). The molecule has 0 aliphatic heterocycles. The van der Waals surface area contributed by atoms with Crippen molar-refractivity contribution in [2.75, 3.05) is 18.5 Å². The highest BCUT2D eigenvalue weighted by molar-refractivity contribution is 7.18. The van der Waals surface area contributed by atoms with E-state index < -0.39 is 0 Å². The van der Waals surface area contributed by atoms with Crippen LogP contribution in [-0.4, -0.2) is 25.0 Å². The Kier molecular flexibility index (Phi) is 6.40. The summed E-state index contributed by atoms with van der Waals surface area (Å²) in [6.07, 6.45) is 2.54. The van der Waals surface area contributed by atoms with Crippen LogP contribution in [0.3, 0.4) is 0 Å². The first-order chi connectivity index (χ1) is 12.5. The van der Waals surface area contributed by atoms with Crippen molar-refractivity contribution in [2.45, 2.75) is 19.3 Å². The molecule has 0 atom stereocenters. The summed E-state index contributed by atoms with van der Waals surface area (Å²) >= 11 is 13.1. The van der Waals surface area contributed by atoms with Crippen LogP contribution in [0.2, 0.25) is 10.0 Å². The Morgan fingerprint density at radius 1 is 1.19 bits per heavy atom. The molecule has 3 rings (SSSR count). The second-order valence-corrected chi connectivity index (χ2v) is 7.89. The number of nitrogens with one attached hydrogen (secondary N) is 2. The zero-order valence-corrected chi connectivity index (χ0v) is 16.2. The number of rotatable bonds is 8. The van der Waals surface area contributed by atoms with Gasteiger partial charge in [-0.15, -0.1) is 11.3 Å². The molecular formula is C18H18Cl2N2O3S. The summed E-state index contributed by atoms with van der Waals surface area (Å²) in [5.74, 6) is 0.587. The smallest absolute Gasteiger partial charge is 0.261 e. The van der Waals surface area contributed by atoms with E-state index in [1.807, 2.05) is 0 Å². The third kappa shape index (κ3) is 5.37. The first-order valence-electron chi connectivity index (χ1n) is 8.29. The molecule has 5 nitrogen and oxygen atoms in total. The molecule has 138 valence electrons. The van der Waals surface area contributed by atoms with Crippen molar-refractivity contribution in [3.8, 4) is 5.75 Å². The van der Waals surface area contributed by atoms with E-state index in [4.69, 9.17) is 27.9 Å². The van der Waals surface area contributed by atoms with Gasteiger partial charge in [-0.1, -0.05) is 23.2 Å². The van der Waals surface area contributed by atoms with Crippen LogP contribution in [0.5, 0.6) is 5.75 Å². The van der Waals surface area contributed by atoms with E-state index in [0.29, 0.717) is 45.2 Å². The minimum absolute atomic E-state index is 0.0387. The van der Waals surface area contributed by atoms with Gasteiger partial charge in [0.05, 0.1) is 21.5 Å². The van der Waals surface area contributed by atoms with Gasteiger partial charge in [-0.3, -0.25) is 9.59 Å². The third-order valence-corrected chi connectivity index (χ3v) is 5.31. The molecule has 2 N–H and O–H groups in total. The Hall–Kier alpha value is -1.76. The summed E-state index contributed by atoms with van der Waals surface area (Å²) in [7, 11) is 0. The van der Waals surface area contributed by atoms with Gasteiger partial charge in [0.1, 0.15) is 5.75 Å². The van der Waals surface area contributed by atoms with Crippen molar-refractivity contribution in [1.82, 2.24) is 5.32 Å². The van der Waals surface area contributed by atoms with E-state index in [2.05, 4.69) is 10.6 Å². The first-order valence-corrected chi connectivity index (χ1v) is 9.87. The van der Waals surface area contributed by atoms with Gasteiger partial charge in [0.2, 0.25) is 5.91 Å². The fourth-order valence-corrected chi connectivity index (χ4v) is 3.52. The Bertz CT molecular complexity index is 805. The number of halogens is 2. The molecule has 0 bridgehead atoms. The number of benzene rings is 1. The van der Waals surface area contributed by atoms with Crippen LogP contribution in [0.15, 0.2) is 30.3 Å². The van der Waals surface area contributed by atoms with Crippen LogP contribution in [0, 0.1) is 5.92 Å². The van der Waals surface area contributed by atoms with Gasteiger partial charge < -0.3 is 15.4 Å². The van der Waals surface area contributed by atoms with Crippen molar-refractivity contribution < 1.29 is 14.3 Å². The predicted octanol–water partition coefficient (Wildman–Crippen LogP) is 4.60. The predicted molar refractivity (Wildman–Crippen MR) is 105 cm³/mol. The van der Waals surface area contributed by atoms with Crippen LogP contribution >= 0.6 is 34.5 Å². The molecular weight excluding hydrogens is 395 g/mol. The fraction of sp³-hybridized carbons (Fsp3) is 0.333. The van der Waals surface area contributed by atoms with Crippen LogP contribution in [0.1, 0.15) is 28.9 Å². The number of thiophene rings is 1. The lowest BCUT2D eigenvalue weighted by Crippen LogP contribution is -2.24. The molecule has 8 heteroatoms. The molecule has 26 heavy (non-hydrogen) atoms. The number of hydrogen-bond acceptors (Lipinski definition) is 4.